The molecule has 6 rings (SSSR count). The second-order valence-electron chi connectivity index (χ2n) is 9.94. The second kappa shape index (κ2) is 9.75. The average Bonchev–Trinajstić information content (AvgIpc) is 3.08. The third kappa shape index (κ3) is 4.20. The minimum atomic E-state index is -0.636. The standard InChI is InChI=1S/C33H27FN2O2/c1-21-15-17-22(18-16-21)32-31-28(19-24(20-30(31)37)25-11-5-6-12-26(25)34)35-27-13-7-8-14-29(27)36(32)33(38)23-9-3-2-4-10-23/h2-18,24,32,35H,19-20H2,1H3/t24-,32+/m0/s1. The van der Waals surface area contributed by atoms with Gasteiger partial charge in [0.2, 0.25) is 0 Å². The summed E-state index contributed by atoms with van der Waals surface area (Å²) in [6.07, 6.45) is 0.638. The van der Waals surface area contributed by atoms with E-state index in [-0.39, 0.29) is 29.8 Å². The molecule has 1 aliphatic carbocycles. The number of carbonyl (C=O) groups excluding carboxylic acids is 2. The lowest BCUT2D eigenvalue weighted by Crippen LogP contribution is -2.38. The van der Waals surface area contributed by atoms with Crippen molar-refractivity contribution < 1.29 is 14.0 Å². The zero-order valence-electron chi connectivity index (χ0n) is 21.0. The fourth-order valence-corrected chi connectivity index (χ4v) is 5.62. The fourth-order valence-electron chi connectivity index (χ4n) is 5.62. The first kappa shape index (κ1) is 23.9. The minimum absolute atomic E-state index is 0.0868. The molecule has 1 amide bonds. The molecule has 0 radical (unpaired) electrons. The number of fused-ring (bicyclic) bond motifs is 1. The molecule has 4 aromatic carbocycles. The Morgan fingerprint density at radius 2 is 1.53 bits per heavy atom. The van der Waals surface area contributed by atoms with Crippen LogP contribution in [-0.4, -0.2) is 11.7 Å². The van der Waals surface area contributed by atoms with Crippen LogP contribution in [0.4, 0.5) is 15.8 Å². The van der Waals surface area contributed by atoms with E-state index in [1.54, 1.807) is 35.2 Å². The van der Waals surface area contributed by atoms with Gasteiger partial charge in [0, 0.05) is 23.3 Å². The van der Waals surface area contributed by atoms with Gasteiger partial charge in [0.1, 0.15) is 5.82 Å². The van der Waals surface area contributed by atoms with E-state index in [1.165, 1.54) is 6.07 Å². The Labute approximate surface area is 221 Å². The van der Waals surface area contributed by atoms with Crippen LogP contribution in [0.25, 0.3) is 0 Å². The maximum absolute atomic E-state index is 14.8. The van der Waals surface area contributed by atoms with Gasteiger partial charge in [-0.25, -0.2) is 4.39 Å². The molecular formula is C33H27FN2O2. The number of nitrogens with one attached hydrogen (secondary N) is 1. The molecule has 1 heterocycles. The molecule has 0 unspecified atom stereocenters. The average molecular weight is 503 g/mol. The van der Waals surface area contributed by atoms with Gasteiger partial charge < -0.3 is 5.32 Å². The van der Waals surface area contributed by atoms with Crippen molar-refractivity contribution in [1.82, 2.24) is 0 Å². The number of hydrogen-bond acceptors (Lipinski definition) is 3. The molecule has 0 saturated carbocycles. The van der Waals surface area contributed by atoms with Gasteiger partial charge in [-0.05, 0) is 60.7 Å². The van der Waals surface area contributed by atoms with E-state index in [0.717, 1.165) is 22.5 Å². The SMILES string of the molecule is Cc1ccc([C@@H]2C3=C(C[C@H](c4ccccc4F)CC3=O)Nc3ccccc3N2C(=O)c2ccccc2)cc1. The number of hydrogen-bond donors (Lipinski definition) is 1. The van der Waals surface area contributed by atoms with Crippen LogP contribution < -0.4 is 10.2 Å². The Morgan fingerprint density at radius 3 is 2.29 bits per heavy atom. The number of ketones is 1. The third-order valence-corrected chi connectivity index (χ3v) is 7.47. The van der Waals surface area contributed by atoms with Crippen LogP contribution in [-0.2, 0) is 4.79 Å². The van der Waals surface area contributed by atoms with Crippen molar-refractivity contribution in [1.29, 1.82) is 0 Å². The zero-order chi connectivity index (χ0) is 26.2. The summed E-state index contributed by atoms with van der Waals surface area (Å²) in [6.45, 7) is 2.01. The van der Waals surface area contributed by atoms with Crippen molar-refractivity contribution in [3.05, 3.63) is 142 Å². The molecule has 1 N–H and O–H groups in total. The highest BCUT2D eigenvalue weighted by Crippen LogP contribution is 2.48. The monoisotopic (exact) mass is 502 g/mol. The third-order valence-electron chi connectivity index (χ3n) is 7.47. The molecular weight excluding hydrogens is 475 g/mol. The van der Waals surface area contributed by atoms with Crippen LogP contribution in [0, 0.1) is 12.7 Å². The number of Topliss-reactive ketones (excluding diaryl/α,β-unsaturated/α-hetero) is 1. The van der Waals surface area contributed by atoms with Crippen LogP contribution in [0.15, 0.2) is 114 Å². The summed E-state index contributed by atoms with van der Waals surface area (Å²) >= 11 is 0. The van der Waals surface area contributed by atoms with Crippen molar-refractivity contribution in [2.24, 2.45) is 0 Å². The van der Waals surface area contributed by atoms with Crippen molar-refractivity contribution >= 4 is 23.1 Å². The molecule has 2 atom stereocenters. The molecule has 0 saturated heterocycles. The Kier molecular flexibility index (Phi) is 6.12. The Bertz CT molecular complexity index is 1560. The van der Waals surface area contributed by atoms with Gasteiger partial charge in [-0.1, -0.05) is 78.4 Å². The quantitative estimate of drug-likeness (QED) is 0.319. The van der Waals surface area contributed by atoms with E-state index in [0.29, 0.717) is 28.8 Å². The van der Waals surface area contributed by atoms with Crippen molar-refractivity contribution in [2.75, 3.05) is 10.2 Å². The maximum atomic E-state index is 14.8. The molecule has 4 nitrogen and oxygen atoms in total. The van der Waals surface area contributed by atoms with Crippen molar-refractivity contribution in [3.63, 3.8) is 0 Å². The number of para-hydroxylation sites is 2. The number of amides is 1. The molecule has 0 aromatic heterocycles. The molecule has 38 heavy (non-hydrogen) atoms. The van der Waals surface area contributed by atoms with Crippen LogP contribution >= 0.6 is 0 Å². The molecule has 1 aliphatic heterocycles. The first-order valence-electron chi connectivity index (χ1n) is 12.8. The molecule has 4 aromatic rings. The summed E-state index contributed by atoms with van der Waals surface area (Å²) in [5.41, 5.74) is 5.73. The van der Waals surface area contributed by atoms with Gasteiger partial charge in [0.15, 0.2) is 5.78 Å². The number of carbonyl (C=O) groups is 2. The number of allylic oxidation sites excluding steroid dienone is 1. The number of rotatable bonds is 3. The highest BCUT2D eigenvalue weighted by molar-refractivity contribution is 6.12. The lowest BCUT2D eigenvalue weighted by atomic mass is 9.78. The van der Waals surface area contributed by atoms with Crippen molar-refractivity contribution in [2.45, 2.75) is 31.7 Å². The van der Waals surface area contributed by atoms with Crippen LogP contribution in [0.3, 0.4) is 0 Å². The van der Waals surface area contributed by atoms with Gasteiger partial charge in [0.05, 0.1) is 17.4 Å². The van der Waals surface area contributed by atoms with Gasteiger partial charge in [-0.15, -0.1) is 0 Å². The van der Waals surface area contributed by atoms with Crippen LogP contribution in [0.1, 0.15) is 51.8 Å². The summed E-state index contributed by atoms with van der Waals surface area (Å²) in [4.78, 5) is 30.0. The highest BCUT2D eigenvalue weighted by Gasteiger charge is 2.42. The lowest BCUT2D eigenvalue weighted by molar-refractivity contribution is -0.116. The number of benzene rings is 4. The van der Waals surface area contributed by atoms with Crippen molar-refractivity contribution in [3.8, 4) is 0 Å². The van der Waals surface area contributed by atoms with E-state index in [9.17, 15) is 14.0 Å². The second-order valence-corrected chi connectivity index (χ2v) is 9.94. The summed E-state index contributed by atoms with van der Waals surface area (Å²) < 4.78 is 14.8. The number of halogens is 1. The predicted octanol–water partition coefficient (Wildman–Crippen LogP) is 7.35. The van der Waals surface area contributed by atoms with E-state index < -0.39 is 6.04 Å². The predicted molar refractivity (Wildman–Crippen MR) is 148 cm³/mol. The van der Waals surface area contributed by atoms with E-state index in [4.69, 9.17) is 0 Å². The Balaban J connectivity index is 1.57. The highest BCUT2D eigenvalue weighted by atomic mass is 19.1. The van der Waals surface area contributed by atoms with Crippen LogP contribution in [0.2, 0.25) is 0 Å². The fraction of sp³-hybridized carbons (Fsp3) is 0.152. The summed E-state index contributed by atoms with van der Waals surface area (Å²) in [7, 11) is 0. The largest absolute Gasteiger partial charge is 0.357 e. The summed E-state index contributed by atoms with van der Waals surface area (Å²) in [5.74, 6) is -0.879. The summed E-state index contributed by atoms with van der Waals surface area (Å²) in [6, 6.07) is 30.8. The van der Waals surface area contributed by atoms with Gasteiger partial charge in [-0.2, -0.15) is 0 Å². The molecule has 0 bridgehead atoms. The zero-order valence-corrected chi connectivity index (χ0v) is 21.0. The van der Waals surface area contributed by atoms with E-state index in [2.05, 4.69) is 5.32 Å². The van der Waals surface area contributed by atoms with Gasteiger partial charge >= 0.3 is 0 Å². The molecule has 0 fully saturated rings. The number of anilines is 2. The number of nitrogens with zero attached hydrogens (tertiary/aromatic N) is 1. The van der Waals surface area contributed by atoms with E-state index in [1.807, 2.05) is 73.7 Å². The Hall–Kier alpha value is -4.51. The van der Waals surface area contributed by atoms with E-state index >= 15 is 0 Å². The minimum Gasteiger partial charge on any atom is -0.357 e. The lowest BCUT2D eigenvalue weighted by Gasteiger charge is -2.35. The first-order valence-corrected chi connectivity index (χ1v) is 12.8. The molecule has 188 valence electrons. The number of aryl methyl sites for hydroxylation is 1. The molecule has 5 heteroatoms. The molecule has 2 aliphatic rings. The topological polar surface area (TPSA) is 49.4 Å². The Morgan fingerprint density at radius 1 is 0.842 bits per heavy atom. The van der Waals surface area contributed by atoms with Crippen LogP contribution in [0.5, 0.6) is 0 Å². The first-order chi connectivity index (χ1) is 18.5. The van der Waals surface area contributed by atoms with Gasteiger partial charge in [-0.3, -0.25) is 14.5 Å². The normalized spacial score (nSPS) is 18.8. The molecule has 0 spiro atoms. The summed E-state index contributed by atoms with van der Waals surface area (Å²) in [5, 5.41) is 3.50. The maximum Gasteiger partial charge on any atom is 0.259 e. The van der Waals surface area contributed by atoms with Gasteiger partial charge in [0.25, 0.3) is 5.91 Å². The smallest absolute Gasteiger partial charge is 0.259 e.